The van der Waals surface area contributed by atoms with Crippen LogP contribution in [-0.4, -0.2) is 42.3 Å². The molecule has 5 rings (SSSR count). The van der Waals surface area contributed by atoms with Crippen LogP contribution in [0.3, 0.4) is 0 Å². The van der Waals surface area contributed by atoms with Gasteiger partial charge in [0.2, 0.25) is 0 Å². The second kappa shape index (κ2) is 10.3. The third kappa shape index (κ3) is 4.47. The van der Waals surface area contributed by atoms with Crippen molar-refractivity contribution in [3.05, 3.63) is 36.0 Å². The molecule has 37 heavy (non-hydrogen) atoms. The van der Waals surface area contributed by atoms with E-state index in [4.69, 9.17) is 14.2 Å². The Morgan fingerprint density at radius 3 is 2.73 bits per heavy atom. The van der Waals surface area contributed by atoms with Crippen molar-refractivity contribution in [3.8, 4) is 0 Å². The summed E-state index contributed by atoms with van der Waals surface area (Å²) < 4.78 is 17.6. The molecular weight excluding hydrogens is 464 g/mol. The van der Waals surface area contributed by atoms with Crippen molar-refractivity contribution < 1.29 is 24.1 Å². The van der Waals surface area contributed by atoms with Crippen LogP contribution in [-0.2, 0) is 19.0 Å². The lowest BCUT2D eigenvalue weighted by molar-refractivity contribution is -0.195. The summed E-state index contributed by atoms with van der Waals surface area (Å²) in [7, 11) is 0. The van der Waals surface area contributed by atoms with E-state index in [9.17, 15) is 9.90 Å². The third-order valence-electron chi connectivity index (χ3n) is 11.2. The number of carbonyl (C=O) groups is 1. The standard InChI is InChI=1S/C32H48O5/c1-6-27(33)35-19-9-15-32(34)22(3)21(2)29-25-12-11-23-20-24(37-28-10-7-8-18-36-28)13-16-30(23,4)26(25)14-17-31(29,32)5/h11,24-26,28-29,34H,2-3,6-10,12-20H2,1,4-5H3/t24?,25-,26-,28?,29+,30+,31+,32?/m1/s1. The zero-order valence-corrected chi connectivity index (χ0v) is 23.4. The highest BCUT2D eigenvalue weighted by molar-refractivity contribution is 5.68. The summed E-state index contributed by atoms with van der Waals surface area (Å²) in [6.45, 7) is 16.7. The van der Waals surface area contributed by atoms with Crippen molar-refractivity contribution >= 4 is 5.97 Å². The smallest absolute Gasteiger partial charge is 0.305 e. The number of rotatable bonds is 7. The average Bonchev–Trinajstić information content (AvgIpc) is 3.05. The summed E-state index contributed by atoms with van der Waals surface area (Å²) >= 11 is 0. The lowest BCUT2D eigenvalue weighted by atomic mass is 9.46. The van der Waals surface area contributed by atoms with Gasteiger partial charge in [0.05, 0.1) is 18.3 Å². The quantitative estimate of drug-likeness (QED) is 0.235. The van der Waals surface area contributed by atoms with Gasteiger partial charge in [0.25, 0.3) is 0 Å². The number of allylic oxidation sites excluding steroid dienone is 1. The van der Waals surface area contributed by atoms with Gasteiger partial charge in [-0.15, -0.1) is 0 Å². The van der Waals surface area contributed by atoms with Crippen LogP contribution in [0.1, 0.15) is 97.8 Å². The molecule has 0 bridgehead atoms. The summed E-state index contributed by atoms with van der Waals surface area (Å²) in [5.41, 5.74) is 2.37. The van der Waals surface area contributed by atoms with E-state index in [0.29, 0.717) is 37.7 Å². The van der Waals surface area contributed by atoms with Crippen LogP contribution in [0, 0.1) is 28.6 Å². The van der Waals surface area contributed by atoms with Crippen molar-refractivity contribution in [3.63, 3.8) is 0 Å². The van der Waals surface area contributed by atoms with Crippen LogP contribution in [0.25, 0.3) is 0 Å². The molecule has 5 nitrogen and oxygen atoms in total. The van der Waals surface area contributed by atoms with Gasteiger partial charge < -0.3 is 19.3 Å². The molecule has 5 heteroatoms. The lowest BCUT2D eigenvalue weighted by Crippen LogP contribution is -2.55. The SMILES string of the molecule is C=C1C(=C)C(O)(CCCOC(=O)CC)[C@@]2(C)CC[C@@H]3[C@@H](CC=C4CC(OC5CCCCO5)CC[C@@]43C)[C@H]12. The monoisotopic (exact) mass is 512 g/mol. The largest absolute Gasteiger partial charge is 0.466 e. The molecule has 8 atom stereocenters. The Balaban J connectivity index is 1.31. The highest BCUT2D eigenvalue weighted by Gasteiger charge is 2.66. The zero-order chi connectivity index (χ0) is 26.4. The maximum Gasteiger partial charge on any atom is 0.305 e. The topological polar surface area (TPSA) is 65.0 Å². The van der Waals surface area contributed by atoms with E-state index in [-0.39, 0.29) is 35.1 Å². The number of fused-ring (bicyclic) bond motifs is 5. The Morgan fingerprint density at radius 1 is 1.19 bits per heavy atom. The molecule has 1 aliphatic heterocycles. The molecule has 0 spiro atoms. The molecule has 3 unspecified atom stereocenters. The summed E-state index contributed by atoms with van der Waals surface area (Å²) in [6.07, 6.45) is 14.1. The predicted octanol–water partition coefficient (Wildman–Crippen LogP) is 6.66. The first-order valence-corrected chi connectivity index (χ1v) is 14.9. The van der Waals surface area contributed by atoms with Crippen LogP contribution < -0.4 is 0 Å². The number of ether oxygens (including phenoxy) is 3. The van der Waals surface area contributed by atoms with Crippen molar-refractivity contribution in [1.29, 1.82) is 0 Å². The Bertz CT molecular complexity index is 947. The summed E-state index contributed by atoms with van der Waals surface area (Å²) in [6, 6.07) is 0. The fraction of sp³-hybridized carbons (Fsp3) is 0.781. The zero-order valence-electron chi connectivity index (χ0n) is 23.4. The molecule has 4 aliphatic carbocycles. The van der Waals surface area contributed by atoms with E-state index in [0.717, 1.165) is 69.1 Å². The number of hydrogen-bond donors (Lipinski definition) is 1. The summed E-state index contributed by atoms with van der Waals surface area (Å²) in [4.78, 5) is 11.6. The van der Waals surface area contributed by atoms with Gasteiger partial charge in [-0.2, -0.15) is 0 Å². The molecule has 1 N–H and O–H groups in total. The molecule has 0 amide bonds. The molecule has 0 aromatic heterocycles. The molecule has 206 valence electrons. The first-order valence-electron chi connectivity index (χ1n) is 14.9. The number of carbonyl (C=O) groups excluding carboxylic acids is 1. The van der Waals surface area contributed by atoms with Crippen LogP contribution in [0.2, 0.25) is 0 Å². The second-order valence-corrected chi connectivity index (χ2v) is 12.9. The molecule has 1 saturated heterocycles. The van der Waals surface area contributed by atoms with Gasteiger partial charge in [0, 0.05) is 18.4 Å². The fourth-order valence-electron chi connectivity index (χ4n) is 8.95. The van der Waals surface area contributed by atoms with Gasteiger partial charge in [-0.3, -0.25) is 4.79 Å². The highest BCUT2D eigenvalue weighted by Crippen LogP contribution is 2.70. The van der Waals surface area contributed by atoms with Gasteiger partial charge in [-0.05, 0) is 105 Å². The van der Waals surface area contributed by atoms with Crippen LogP contribution in [0.4, 0.5) is 0 Å². The van der Waals surface area contributed by atoms with E-state index in [2.05, 4.69) is 33.1 Å². The first-order chi connectivity index (χ1) is 17.6. The predicted molar refractivity (Wildman–Crippen MR) is 145 cm³/mol. The van der Waals surface area contributed by atoms with Crippen molar-refractivity contribution in [1.82, 2.24) is 0 Å². The lowest BCUT2D eigenvalue weighted by Gasteiger charge is -2.59. The second-order valence-electron chi connectivity index (χ2n) is 12.9. The van der Waals surface area contributed by atoms with Crippen LogP contribution >= 0.6 is 0 Å². The maximum absolute atomic E-state index is 12.1. The maximum atomic E-state index is 12.1. The molecule has 3 saturated carbocycles. The molecule has 1 heterocycles. The van der Waals surface area contributed by atoms with Gasteiger partial charge in [-0.1, -0.05) is 45.6 Å². The molecule has 4 fully saturated rings. The Kier molecular flexibility index (Phi) is 7.54. The Labute approximate surface area is 223 Å². The van der Waals surface area contributed by atoms with E-state index in [1.165, 1.54) is 6.42 Å². The van der Waals surface area contributed by atoms with Gasteiger partial charge in [-0.25, -0.2) is 0 Å². The van der Waals surface area contributed by atoms with Crippen LogP contribution in [0.15, 0.2) is 36.0 Å². The minimum atomic E-state index is -0.991. The van der Waals surface area contributed by atoms with Crippen molar-refractivity contribution in [2.75, 3.05) is 13.2 Å². The number of hydrogen-bond acceptors (Lipinski definition) is 5. The van der Waals surface area contributed by atoms with E-state index < -0.39 is 5.60 Å². The minimum absolute atomic E-state index is 0.0218. The molecule has 0 radical (unpaired) electrons. The first kappa shape index (κ1) is 27.1. The molecule has 5 aliphatic rings. The fourth-order valence-corrected chi connectivity index (χ4v) is 8.95. The van der Waals surface area contributed by atoms with E-state index in [1.54, 1.807) is 12.5 Å². The number of esters is 1. The van der Waals surface area contributed by atoms with Gasteiger partial charge in [0.1, 0.15) is 0 Å². The van der Waals surface area contributed by atoms with Crippen LogP contribution in [0.5, 0.6) is 0 Å². The average molecular weight is 513 g/mol. The Morgan fingerprint density at radius 2 is 2.00 bits per heavy atom. The minimum Gasteiger partial charge on any atom is -0.466 e. The summed E-state index contributed by atoms with van der Waals surface area (Å²) in [5, 5.41) is 12.1. The molecule has 0 aromatic rings. The highest BCUT2D eigenvalue weighted by atomic mass is 16.7. The number of aliphatic hydroxyl groups is 1. The van der Waals surface area contributed by atoms with Crippen molar-refractivity contribution in [2.45, 2.75) is 116 Å². The summed E-state index contributed by atoms with van der Waals surface area (Å²) in [5.74, 6) is 1.12. The van der Waals surface area contributed by atoms with Crippen molar-refractivity contribution in [2.24, 2.45) is 28.6 Å². The normalized spacial score (nSPS) is 43.5. The van der Waals surface area contributed by atoms with E-state index in [1.807, 2.05) is 0 Å². The molecule has 0 aromatic carbocycles. The Hall–Kier alpha value is -1.43. The van der Waals surface area contributed by atoms with Gasteiger partial charge >= 0.3 is 5.97 Å². The van der Waals surface area contributed by atoms with Gasteiger partial charge in [0.15, 0.2) is 6.29 Å². The van der Waals surface area contributed by atoms with E-state index >= 15 is 0 Å². The third-order valence-corrected chi connectivity index (χ3v) is 11.2. The molecular formula is C32H48O5.